The number of nitrogens with one attached hydrogen (secondary N) is 1. The van der Waals surface area contributed by atoms with Crippen molar-refractivity contribution in [3.63, 3.8) is 0 Å². The van der Waals surface area contributed by atoms with Gasteiger partial charge in [-0.15, -0.1) is 5.10 Å². The second kappa shape index (κ2) is 9.22. The van der Waals surface area contributed by atoms with E-state index >= 15 is 0 Å². The number of alkyl halides is 3. The largest absolute Gasteiger partial charge is 0.437 e. The van der Waals surface area contributed by atoms with Crippen molar-refractivity contribution in [2.24, 2.45) is 5.73 Å². The van der Waals surface area contributed by atoms with Gasteiger partial charge in [-0.2, -0.15) is 13.2 Å². The van der Waals surface area contributed by atoms with Gasteiger partial charge in [0, 0.05) is 28.8 Å². The van der Waals surface area contributed by atoms with Crippen LogP contribution in [0.3, 0.4) is 0 Å². The number of fused-ring (bicyclic) bond motifs is 1. The SMILES string of the molecule is Cc1cc(-c2cnc3c(NCCC(F)(F)F)cc(Oc4cccc(Cl)c4)nn23)ccc1C(N)=O. The summed E-state index contributed by atoms with van der Waals surface area (Å²) in [5, 5.41) is 7.70. The molecule has 0 aliphatic heterocycles. The second-order valence-electron chi connectivity index (χ2n) is 7.52. The van der Waals surface area contributed by atoms with Crippen LogP contribution in [0.1, 0.15) is 22.3 Å². The second-order valence-corrected chi connectivity index (χ2v) is 7.96. The number of amides is 1. The number of carbonyl (C=O) groups is 1. The van der Waals surface area contributed by atoms with Gasteiger partial charge in [0.25, 0.3) is 0 Å². The molecule has 0 unspecified atom stereocenters. The number of ether oxygens (including phenoxy) is 1. The molecule has 0 fully saturated rings. The fourth-order valence-electron chi connectivity index (χ4n) is 3.41. The van der Waals surface area contributed by atoms with Crippen LogP contribution in [-0.2, 0) is 0 Å². The number of imidazole rings is 1. The number of aryl methyl sites for hydroxylation is 1. The number of anilines is 1. The van der Waals surface area contributed by atoms with E-state index in [2.05, 4.69) is 15.4 Å². The monoisotopic (exact) mass is 489 g/mol. The number of primary amides is 1. The predicted octanol–water partition coefficient (Wildman–Crippen LogP) is 5.61. The zero-order chi connectivity index (χ0) is 24.5. The molecule has 3 N–H and O–H groups in total. The van der Waals surface area contributed by atoms with E-state index in [1.165, 1.54) is 10.6 Å². The number of hydrogen-bond donors (Lipinski definition) is 2. The van der Waals surface area contributed by atoms with E-state index in [-0.39, 0.29) is 12.4 Å². The molecule has 4 aromatic rings. The van der Waals surface area contributed by atoms with Gasteiger partial charge in [-0.3, -0.25) is 4.79 Å². The molecule has 4 rings (SSSR count). The van der Waals surface area contributed by atoms with Crippen molar-refractivity contribution >= 4 is 28.8 Å². The molecule has 0 aliphatic carbocycles. The van der Waals surface area contributed by atoms with E-state index < -0.39 is 18.5 Å². The number of nitrogens with zero attached hydrogens (tertiary/aromatic N) is 3. The fourth-order valence-corrected chi connectivity index (χ4v) is 3.59. The quantitative estimate of drug-likeness (QED) is 0.351. The first-order chi connectivity index (χ1) is 16.1. The topological polar surface area (TPSA) is 94.5 Å². The summed E-state index contributed by atoms with van der Waals surface area (Å²) in [6.45, 7) is 1.40. The van der Waals surface area contributed by atoms with Crippen molar-refractivity contribution in [2.75, 3.05) is 11.9 Å². The van der Waals surface area contributed by atoms with Gasteiger partial charge in [0.1, 0.15) is 5.75 Å². The standard InChI is InChI=1S/C23H19ClF3N5O2/c1-13-9-14(5-6-17(13)21(28)33)19-12-30-22-18(29-8-7-23(25,26)27)11-20(31-32(19)22)34-16-4-2-3-15(24)10-16/h2-6,9-12,29H,7-8H2,1H3,(H2,28,33). The maximum absolute atomic E-state index is 12.7. The molecule has 0 radical (unpaired) electrons. The van der Waals surface area contributed by atoms with Gasteiger partial charge in [-0.1, -0.05) is 23.7 Å². The third-order valence-corrected chi connectivity index (χ3v) is 5.21. The third-order valence-electron chi connectivity index (χ3n) is 4.98. The predicted molar refractivity (Wildman–Crippen MR) is 122 cm³/mol. The average molecular weight is 490 g/mol. The minimum absolute atomic E-state index is 0.119. The Morgan fingerprint density at radius 3 is 2.68 bits per heavy atom. The zero-order valence-electron chi connectivity index (χ0n) is 17.9. The van der Waals surface area contributed by atoms with E-state index in [4.69, 9.17) is 22.1 Å². The average Bonchev–Trinajstić information content (AvgIpc) is 3.16. The lowest BCUT2D eigenvalue weighted by Gasteiger charge is -2.13. The zero-order valence-corrected chi connectivity index (χ0v) is 18.6. The molecule has 2 heterocycles. The summed E-state index contributed by atoms with van der Waals surface area (Å²) in [7, 11) is 0. The molecule has 0 spiro atoms. The minimum Gasteiger partial charge on any atom is -0.437 e. The number of rotatable bonds is 7. The molecule has 1 amide bonds. The molecular weight excluding hydrogens is 471 g/mol. The Balaban J connectivity index is 1.78. The number of aromatic nitrogens is 3. The summed E-state index contributed by atoms with van der Waals surface area (Å²) in [5.74, 6) is -0.0217. The smallest absolute Gasteiger partial charge is 0.390 e. The molecule has 0 saturated heterocycles. The molecule has 0 saturated carbocycles. The highest BCUT2D eigenvalue weighted by Gasteiger charge is 2.26. The van der Waals surface area contributed by atoms with Gasteiger partial charge in [0.2, 0.25) is 11.8 Å². The number of halogens is 4. The highest BCUT2D eigenvalue weighted by molar-refractivity contribution is 6.30. The molecular formula is C23H19ClF3N5O2. The van der Waals surface area contributed by atoms with Crippen LogP contribution in [0.2, 0.25) is 5.02 Å². The van der Waals surface area contributed by atoms with Crippen LogP contribution >= 0.6 is 11.6 Å². The molecule has 0 aliphatic rings. The van der Waals surface area contributed by atoms with Gasteiger partial charge in [0.05, 0.1) is 24.0 Å². The lowest BCUT2D eigenvalue weighted by molar-refractivity contribution is -0.131. The highest BCUT2D eigenvalue weighted by Crippen LogP contribution is 2.31. The maximum atomic E-state index is 12.7. The molecule has 2 aromatic carbocycles. The van der Waals surface area contributed by atoms with Crippen molar-refractivity contribution in [3.05, 3.63) is 70.9 Å². The molecule has 7 nitrogen and oxygen atoms in total. The van der Waals surface area contributed by atoms with Crippen LogP contribution in [-0.4, -0.2) is 33.2 Å². The molecule has 0 atom stereocenters. The summed E-state index contributed by atoms with van der Waals surface area (Å²) >= 11 is 6.02. The lowest BCUT2D eigenvalue weighted by atomic mass is 10.0. The summed E-state index contributed by atoms with van der Waals surface area (Å²) in [5.41, 5.74) is 8.29. The van der Waals surface area contributed by atoms with Crippen molar-refractivity contribution in [1.82, 2.24) is 14.6 Å². The van der Waals surface area contributed by atoms with Crippen LogP contribution in [0.15, 0.2) is 54.7 Å². The van der Waals surface area contributed by atoms with Crippen LogP contribution in [0.25, 0.3) is 16.9 Å². The molecule has 34 heavy (non-hydrogen) atoms. The fraction of sp³-hybridized carbons (Fsp3) is 0.174. The number of carbonyl (C=O) groups excluding carboxylic acids is 1. The maximum Gasteiger partial charge on any atom is 0.390 e. The molecule has 2 aromatic heterocycles. The summed E-state index contributed by atoms with van der Waals surface area (Å²) < 4.78 is 45.3. The van der Waals surface area contributed by atoms with Crippen LogP contribution in [0.5, 0.6) is 11.6 Å². The normalized spacial score (nSPS) is 11.6. The van der Waals surface area contributed by atoms with Crippen molar-refractivity contribution in [3.8, 4) is 22.9 Å². The lowest BCUT2D eigenvalue weighted by Crippen LogP contribution is -2.15. The summed E-state index contributed by atoms with van der Waals surface area (Å²) in [6.07, 6.45) is -3.79. The van der Waals surface area contributed by atoms with Crippen LogP contribution in [0.4, 0.5) is 18.9 Å². The highest BCUT2D eigenvalue weighted by atomic mass is 35.5. The van der Waals surface area contributed by atoms with E-state index in [0.717, 1.165) is 0 Å². The minimum atomic E-state index is -4.31. The Morgan fingerprint density at radius 2 is 2.00 bits per heavy atom. The first-order valence-corrected chi connectivity index (χ1v) is 10.5. The first kappa shape index (κ1) is 23.4. The summed E-state index contributed by atoms with van der Waals surface area (Å²) in [6, 6.07) is 13.2. The van der Waals surface area contributed by atoms with Crippen molar-refractivity contribution in [2.45, 2.75) is 19.5 Å². The van der Waals surface area contributed by atoms with Gasteiger partial charge in [-0.05, 0) is 42.8 Å². The first-order valence-electron chi connectivity index (χ1n) is 10.1. The van der Waals surface area contributed by atoms with E-state index in [0.29, 0.717) is 44.5 Å². The Bertz CT molecular complexity index is 1370. The van der Waals surface area contributed by atoms with Crippen LogP contribution < -0.4 is 15.8 Å². The van der Waals surface area contributed by atoms with Gasteiger partial charge in [0.15, 0.2) is 5.65 Å². The van der Waals surface area contributed by atoms with E-state index in [9.17, 15) is 18.0 Å². The summed E-state index contributed by atoms with van der Waals surface area (Å²) in [4.78, 5) is 15.9. The van der Waals surface area contributed by atoms with E-state index in [1.54, 1.807) is 55.6 Å². The van der Waals surface area contributed by atoms with Gasteiger partial charge >= 0.3 is 6.18 Å². The molecule has 0 bridgehead atoms. The van der Waals surface area contributed by atoms with Gasteiger partial charge < -0.3 is 15.8 Å². The van der Waals surface area contributed by atoms with Gasteiger partial charge in [-0.25, -0.2) is 9.50 Å². The number of nitrogens with two attached hydrogens (primary N) is 1. The Hall–Kier alpha value is -3.79. The van der Waals surface area contributed by atoms with E-state index in [1.807, 2.05) is 0 Å². The van der Waals surface area contributed by atoms with Crippen molar-refractivity contribution in [1.29, 1.82) is 0 Å². The van der Waals surface area contributed by atoms with Crippen LogP contribution in [0, 0.1) is 6.92 Å². The molecule has 176 valence electrons. The Labute approximate surface area is 197 Å². The Kier molecular flexibility index (Phi) is 6.34. The number of hydrogen-bond acceptors (Lipinski definition) is 5. The number of benzene rings is 2. The molecule has 11 heteroatoms. The third kappa shape index (κ3) is 5.23. The van der Waals surface area contributed by atoms with Crippen molar-refractivity contribution < 1.29 is 22.7 Å². The Morgan fingerprint density at radius 1 is 1.21 bits per heavy atom.